The van der Waals surface area contributed by atoms with E-state index in [2.05, 4.69) is 0 Å². The number of ether oxygens (including phenoxy) is 1. The van der Waals surface area contributed by atoms with Crippen LogP contribution in [-0.2, 0) is 9.53 Å². The largest absolute Gasteiger partial charge is 0.426 e. The standard InChI is InChI=1S/C19H17ClO2/c1-19(2)16(13-8-10-15(20)11-9-13)12-17(22-18(19)21)14-6-4-3-5-7-14/h3-12,16H,1-2H3. The lowest BCUT2D eigenvalue weighted by Crippen LogP contribution is -2.35. The SMILES string of the molecule is CC1(C)C(=O)OC(c2ccccc2)=CC1c1ccc(Cl)cc1. The van der Waals surface area contributed by atoms with E-state index in [9.17, 15) is 4.79 Å². The molecule has 1 heterocycles. The Morgan fingerprint density at radius 3 is 2.27 bits per heavy atom. The molecule has 3 rings (SSSR count). The first-order chi connectivity index (χ1) is 10.5. The van der Waals surface area contributed by atoms with E-state index >= 15 is 0 Å². The highest BCUT2D eigenvalue weighted by Crippen LogP contribution is 2.44. The van der Waals surface area contributed by atoms with E-state index < -0.39 is 5.41 Å². The van der Waals surface area contributed by atoms with Crippen LogP contribution in [0.4, 0.5) is 0 Å². The van der Waals surface area contributed by atoms with Gasteiger partial charge < -0.3 is 4.74 Å². The van der Waals surface area contributed by atoms with E-state index in [4.69, 9.17) is 16.3 Å². The molecule has 0 aromatic heterocycles. The summed E-state index contributed by atoms with van der Waals surface area (Å²) in [6.07, 6.45) is 2.03. The Morgan fingerprint density at radius 1 is 1.00 bits per heavy atom. The van der Waals surface area contributed by atoms with Crippen LogP contribution in [0.1, 0.15) is 30.9 Å². The summed E-state index contributed by atoms with van der Waals surface area (Å²) >= 11 is 5.97. The van der Waals surface area contributed by atoms with Crippen molar-refractivity contribution in [3.8, 4) is 0 Å². The first-order valence-electron chi connectivity index (χ1n) is 7.23. The number of esters is 1. The molecule has 0 aliphatic carbocycles. The zero-order valence-corrected chi connectivity index (χ0v) is 13.3. The van der Waals surface area contributed by atoms with Gasteiger partial charge in [-0.25, -0.2) is 0 Å². The summed E-state index contributed by atoms with van der Waals surface area (Å²) in [7, 11) is 0. The van der Waals surface area contributed by atoms with Gasteiger partial charge in [-0.2, -0.15) is 0 Å². The molecule has 0 saturated carbocycles. The fourth-order valence-electron chi connectivity index (χ4n) is 2.69. The average molecular weight is 313 g/mol. The zero-order valence-electron chi connectivity index (χ0n) is 12.5. The molecule has 0 radical (unpaired) electrons. The minimum Gasteiger partial charge on any atom is -0.426 e. The quantitative estimate of drug-likeness (QED) is 0.725. The first-order valence-corrected chi connectivity index (χ1v) is 7.61. The van der Waals surface area contributed by atoms with E-state index in [0.717, 1.165) is 11.1 Å². The average Bonchev–Trinajstić information content (AvgIpc) is 2.52. The maximum absolute atomic E-state index is 12.5. The number of hydrogen-bond donors (Lipinski definition) is 0. The third-order valence-electron chi connectivity index (χ3n) is 4.11. The molecule has 0 fully saturated rings. The van der Waals surface area contributed by atoms with Crippen molar-refractivity contribution in [2.24, 2.45) is 5.41 Å². The zero-order chi connectivity index (χ0) is 15.7. The first kappa shape index (κ1) is 14.9. The smallest absolute Gasteiger partial charge is 0.317 e. The molecule has 2 nitrogen and oxygen atoms in total. The van der Waals surface area contributed by atoms with E-state index in [1.807, 2.05) is 74.5 Å². The number of allylic oxidation sites excluding steroid dienone is 1. The number of benzene rings is 2. The van der Waals surface area contributed by atoms with Gasteiger partial charge >= 0.3 is 5.97 Å². The Hall–Kier alpha value is -2.06. The van der Waals surface area contributed by atoms with E-state index in [-0.39, 0.29) is 11.9 Å². The van der Waals surface area contributed by atoms with Crippen molar-refractivity contribution >= 4 is 23.3 Å². The Kier molecular flexibility index (Phi) is 3.79. The predicted octanol–water partition coefficient (Wildman–Crippen LogP) is 5.05. The predicted molar refractivity (Wildman–Crippen MR) is 88.5 cm³/mol. The van der Waals surface area contributed by atoms with Crippen LogP contribution >= 0.6 is 11.6 Å². The maximum Gasteiger partial charge on any atom is 0.317 e. The van der Waals surface area contributed by atoms with Crippen LogP contribution in [0.25, 0.3) is 5.76 Å². The van der Waals surface area contributed by atoms with Gasteiger partial charge in [0.2, 0.25) is 0 Å². The third kappa shape index (κ3) is 2.67. The number of halogens is 1. The van der Waals surface area contributed by atoms with Crippen LogP contribution in [0.15, 0.2) is 60.7 Å². The van der Waals surface area contributed by atoms with Crippen molar-refractivity contribution in [2.45, 2.75) is 19.8 Å². The van der Waals surface area contributed by atoms with Crippen LogP contribution in [0.2, 0.25) is 5.02 Å². The lowest BCUT2D eigenvalue weighted by atomic mass is 9.73. The molecule has 0 saturated heterocycles. The lowest BCUT2D eigenvalue weighted by molar-refractivity contribution is -0.148. The molecule has 1 aliphatic heterocycles. The van der Waals surface area contributed by atoms with Crippen LogP contribution in [0.3, 0.4) is 0 Å². The highest BCUT2D eigenvalue weighted by molar-refractivity contribution is 6.30. The van der Waals surface area contributed by atoms with Gasteiger partial charge in [-0.3, -0.25) is 4.79 Å². The summed E-state index contributed by atoms with van der Waals surface area (Å²) in [4.78, 5) is 12.5. The molecule has 22 heavy (non-hydrogen) atoms. The Bertz CT molecular complexity index is 715. The van der Waals surface area contributed by atoms with Crippen LogP contribution in [0, 0.1) is 5.41 Å². The van der Waals surface area contributed by atoms with Crippen molar-refractivity contribution in [3.63, 3.8) is 0 Å². The van der Waals surface area contributed by atoms with Gasteiger partial charge in [-0.15, -0.1) is 0 Å². The van der Waals surface area contributed by atoms with Gasteiger partial charge in [0.25, 0.3) is 0 Å². The maximum atomic E-state index is 12.5. The van der Waals surface area contributed by atoms with Crippen molar-refractivity contribution in [1.29, 1.82) is 0 Å². The van der Waals surface area contributed by atoms with E-state index in [0.29, 0.717) is 10.8 Å². The molecule has 2 aromatic carbocycles. The van der Waals surface area contributed by atoms with Gasteiger partial charge in [0.05, 0.1) is 5.41 Å². The summed E-state index contributed by atoms with van der Waals surface area (Å²) < 4.78 is 5.56. The molecular weight excluding hydrogens is 296 g/mol. The molecule has 0 bridgehead atoms. The Balaban J connectivity index is 2.08. The molecule has 1 unspecified atom stereocenters. The molecule has 1 atom stereocenters. The molecule has 1 aliphatic rings. The Labute approximate surface area is 135 Å². The highest BCUT2D eigenvalue weighted by atomic mass is 35.5. The summed E-state index contributed by atoms with van der Waals surface area (Å²) in [6, 6.07) is 17.3. The highest BCUT2D eigenvalue weighted by Gasteiger charge is 2.42. The summed E-state index contributed by atoms with van der Waals surface area (Å²) in [6.45, 7) is 3.82. The van der Waals surface area contributed by atoms with Crippen molar-refractivity contribution in [2.75, 3.05) is 0 Å². The van der Waals surface area contributed by atoms with Crippen molar-refractivity contribution in [3.05, 3.63) is 76.8 Å². The van der Waals surface area contributed by atoms with Gasteiger partial charge in [0.15, 0.2) is 0 Å². The molecule has 0 N–H and O–H groups in total. The minimum atomic E-state index is -0.619. The normalized spacial score (nSPS) is 20.2. The second kappa shape index (κ2) is 5.62. The molecule has 0 amide bonds. The second-order valence-corrected chi connectivity index (χ2v) is 6.47. The monoisotopic (exact) mass is 312 g/mol. The van der Waals surface area contributed by atoms with Crippen LogP contribution in [-0.4, -0.2) is 5.97 Å². The lowest BCUT2D eigenvalue weighted by Gasteiger charge is -2.35. The number of rotatable bonds is 2. The molecule has 0 spiro atoms. The Morgan fingerprint density at radius 2 is 1.64 bits per heavy atom. The second-order valence-electron chi connectivity index (χ2n) is 6.04. The molecule has 3 heteroatoms. The van der Waals surface area contributed by atoms with E-state index in [1.165, 1.54) is 0 Å². The van der Waals surface area contributed by atoms with Gasteiger partial charge in [0, 0.05) is 16.5 Å². The minimum absolute atomic E-state index is 0.0544. The topological polar surface area (TPSA) is 26.3 Å². The van der Waals surface area contributed by atoms with Gasteiger partial charge in [0.1, 0.15) is 5.76 Å². The summed E-state index contributed by atoms with van der Waals surface area (Å²) in [5, 5.41) is 0.687. The fraction of sp³-hybridized carbons (Fsp3) is 0.211. The van der Waals surface area contributed by atoms with E-state index in [1.54, 1.807) is 0 Å². The molecule has 112 valence electrons. The van der Waals surface area contributed by atoms with Crippen molar-refractivity contribution in [1.82, 2.24) is 0 Å². The number of carbonyl (C=O) groups is 1. The number of cyclic esters (lactones) is 1. The summed E-state index contributed by atoms with van der Waals surface area (Å²) in [5.41, 5.74) is 1.34. The number of carbonyl (C=O) groups excluding carboxylic acids is 1. The summed E-state index contributed by atoms with van der Waals surface area (Å²) in [5.74, 6) is 0.347. The molecule has 2 aromatic rings. The van der Waals surface area contributed by atoms with Gasteiger partial charge in [-0.05, 0) is 37.6 Å². The third-order valence-corrected chi connectivity index (χ3v) is 4.36. The number of hydrogen-bond acceptors (Lipinski definition) is 2. The molecular formula is C19H17ClO2. The fourth-order valence-corrected chi connectivity index (χ4v) is 2.82. The van der Waals surface area contributed by atoms with Gasteiger partial charge in [-0.1, -0.05) is 54.1 Å². The van der Waals surface area contributed by atoms with Crippen LogP contribution < -0.4 is 0 Å². The van der Waals surface area contributed by atoms with Crippen LogP contribution in [0.5, 0.6) is 0 Å². The van der Waals surface area contributed by atoms with Crippen molar-refractivity contribution < 1.29 is 9.53 Å².